The van der Waals surface area contributed by atoms with Crippen molar-refractivity contribution in [3.05, 3.63) is 59.9 Å². The summed E-state index contributed by atoms with van der Waals surface area (Å²) in [6.07, 6.45) is 6.21. The monoisotopic (exact) mass is 473 g/mol. The number of benzene rings is 1. The molecule has 3 heterocycles. The van der Waals surface area contributed by atoms with E-state index in [1.165, 1.54) is 6.39 Å². The highest BCUT2D eigenvalue weighted by Gasteiger charge is 2.26. The molecular formula is C25H27N5O3Si. The first-order valence-corrected chi connectivity index (χ1v) is 15.1. The van der Waals surface area contributed by atoms with E-state index in [-0.39, 0.29) is 6.10 Å². The lowest BCUT2D eigenvalue weighted by Crippen LogP contribution is -2.22. The molecule has 1 aliphatic rings. The van der Waals surface area contributed by atoms with Gasteiger partial charge in [-0.25, -0.2) is 9.67 Å². The van der Waals surface area contributed by atoms with Gasteiger partial charge in [-0.2, -0.15) is 10.4 Å². The second-order valence-corrected chi connectivity index (χ2v) is 15.4. The summed E-state index contributed by atoms with van der Waals surface area (Å²) in [7, 11) is -1.16. The van der Waals surface area contributed by atoms with Crippen molar-refractivity contribution in [1.29, 1.82) is 5.26 Å². The van der Waals surface area contributed by atoms with Crippen molar-refractivity contribution in [3.63, 3.8) is 0 Å². The summed E-state index contributed by atoms with van der Waals surface area (Å²) in [5.74, 6) is 1.33. The molecule has 0 saturated heterocycles. The third kappa shape index (κ3) is 4.60. The number of oxazole rings is 1. The maximum Gasteiger partial charge on any atom is 0.181 e. The summed E-state index contributed by atoms with van der Waals surface area (Å²) in [5, 5.41) is 14.8. The van der Waals surface area contributed by atoms with Crippen LogP contribution in [0.25, 0.3) is 22.4 Å². The predicted molar refractivity (Wildman–Crippen MR) is 130 cm³/mol. The first-order chi connectivity index (χ1) is 16.4. The highest BCUT2D eigenvalue weighted by atomic mass is 28.3. The summed E-state index contributed by atoms with van der Waals surface area (Å²) in [5.41, 5.74) is 4.21. The molecule has 0 fully saturated rings. The Balaban J connectivity index is 1.41. The molecule has 0 spiro atoms. The number of ether oxygens (including phenoxy) is 2. The van der Waals surface area contributed by atoms with E-state index in [1.54, 1.807) is 12.4 Å². The Bertz CT molecular complexity index is 1350. The van der Waals surface area contributed by atoms with Crippen LogP contribution in [0.1, 0.15) is 29.3 Å². The fraction of sp³-hybridized carbons (Fsp3) is 0.360. The Morgan fingerprint density at radius 1 is 1.24 bits per heavy atom. The summed E-state index contributed by atoms with van der Waals surface area (Å²) < 4.78 is 19.7. The topological polar surface area (TPSA) is 99.0 Å². The van der Waals surface area contributed by atoms with Gasteiger partial charge in [0.05, 0.1) is 23.0 Å². The van der Waals surface area contributed by atoms with E-state index < -0.39 is 8.07 Å². The number of rotatable bonds is 8. The van der Waals surface area contributed by atoms with Crippen molar-refractivity contribution in [3.8, 4) is 23.3 Å². The average Bonchev–Trinajstić information content (AvgIpc) is 3.55. The van der Waals surface area contributed by atoms with Crippen molar-refractivity contribution in [2.75, 3.05) is 6.61 Å². The molecule has 1 aromatic carbocycles. The molecule has 1 atom stereocenters. The van der Waals surface area contributed by atoms with E-state index >= 15 is 0 Å². The zero-order valence-electron chi connectivity index (χ0n) is 19.6. The van der Waals surface area contributed by atoms with Gasteiger partial charge in [0.15, 0.2) is 12.2 Å². The number of pyridine rings is 1. The zero-order valence-corrected chi connectivity index (χ0v) is 20.6. The van der Waals surface area contributed by atoms with Crippen LogP contribution in [0, 0.1) is 11.3 Å². The van der Waals surface area contributed by atoms with E-state index in [0.717, 1.165) is 53.4 Å². The van der Waals surface area contributed by atoms with Gasteiger partial charge in [-0.1, -0.05) is 19.6 Å². The molecule has 0 amide bonds. The third-order valence-electron chi connectivity index (χ3n) is 5.99. The van der Waals surface area contributed by atoms with Crippen LogP contribution < -0.4 is 4.74 Å². The maximum absolute atomic E-state index is 9.13. The van der Waals surface area contributed by atoms with E-state index in [9.17, 15) is 0 Å². The van der Waals surface area contributed by atoms with Gasteiger partial charge in [-0.15, -0.1) is 0 Å². The second kappa shape index (κ2) is 9.04. The molecule has 0 aliphatic heterocycles. The number of aromatic nitrogens is 4. The van der Waals surface area contributed by atoms with Crippen molar-refractivity contribution in [2.24, 2.45) is 0 Å². The first kappa shape index (κ1) is 22.3. The number of aryl methyl sites for hydroxylation is 1. The molecule has 1 aliphatic carbocycles. The summed E-state index contributed by atoms with van der Waals surface area (Å²) in [6, 6.07) is 11.1. The van der Waals surface area contributed by atoms with Crippen molar-refractivity contribution < 1.29 is 13.9 Å². The Kier molecular flexibility index (Phi) is 5.94. The molecule has 0 bridgehead atoms. The SMILES string of the molecule is C[Si](C)(C)CCOCn1nc(-c2cnco2)c2cc(OC3CCc4cc(C#N)cnc43)ccc21. The highest BCUT2D eigenvalue weighted by molar-refractivity contribution is 6.76. The number of fused-ring (bicyclic) bond motifs is 2. The number of nitriles is 1. The van der Waals surface area contributed by atoms with Gasteiger partial charge in [0.25, 0.3) is 0 Å². The van der Waals surface area contributed by atoms with Crippen LogP contribution in [0.2, 0.25) is 25.7 Å². The van der Waals surface area contributed by atoms with Gasteiger partial charge in [0.1, 0.15) is 30.3 Å². The smallest absolute Gasteiger partial charge is 0.181 e. The lowest BCUT2D eigenvalue weighted by molar-refractivity contribution is 0.0818. The Morgan fingerprint density at radius 2 is 2.12 bits per heavy atom. The van der Waals surface area contributed by atoms with Crippen LogP contribution in [0.3, 0.4) is 0 Å². The van der Waals surface area contributed by atoms with Crippen molar-refractivity contribution >= 4 is 19.0 Å². The largest absolute Gasteiger partial charge is 0.484 e. The van der Waals surface area contributed by atoms with E-state index in [1.807, 2.05) is 28.9 Å². The van der Waals surface area contributed by atoms with Crippen molar-refractivity contribution in [2.45, 2.75) is 51.4 Å². The molecule has 0 saturated carbocycles. The predicted octanol–water partition coefficient (Wildman–Crippen LogP) is 5.34. The fourth-order valence-electron chi connectivity index (χ4n) is 4.15. The molecule has 0 radical (unpaired) electrons. The van der Waals surface area contributed by atoms with Crippen LogP contribution in [0.5, 0.6) is 5.75 Å². The van der Waals surface area contributed by atoms with Gasteiger partial charge < -0.3 is 13.9 Å². The number of hydrogen-bond acceptors (Lipinski definition) is 7. The summed E-state index contributed by atoms with van der Waals surface area (Å²) in [6.45, 7) is 8.10. The van der Waals surface area contributed by atoms with Crippen LogP contribution in [-0.2, 0) is 17.9 Å². The molecule has 8 nitrogen and oxygen atoms in total. The molecule has 9 heteroatoms. The van der Waals surface area contributed by atoms with Crippen molar-refractivity contribution in [1.82, 2.24) is 19.7 Å². The maximum atomic E-state index is 9.13. The fourth-order valence-corrected chi connectivity index (χ4v) is 4.91. The normalized spacial score (nSPS) is 15.4. The van der Waals surface area contributed by atoms with Gasteiger partial charge >= 0.3 is 0 Å². The third-order valence-corrected chi connectivity index (χ3v) is 7.69. The van der Waals surface area contributed by atoms with Crippen LogP contribution in [0.4, 0.5) is 0 Å². The van der Waals surface area contributed by atoms with E-state index in [2.05, 4.69) is 35.7 Å². The lowest BCUT2D eigenvalue weighted by atomic mass is 10.1. The molecule has 4 aromatic rings. The van der Waals surface area contributed by atoms with Crippen LogP contribution in [-0.4, -0.2) is 34.4 Å². The summed E-state index contributed by atoms with van der Waals surface area (Å²) >= 11 is 0. The average molecular weight is 474 g/mol. The minimum absolute atomic E-state index is 0.145. The van der Waals surface area contributed by atoms with E-state index in [4.69, 9.17) is 24.3 Å². The number of nitrogens with zero attached hydrogens (tertiary/aromatic N) is 5. The molecule has 3 aromatic heterocycles. The van der Waals surface area contributed by atoms with Crippen LogP contribution >= 0.6 is 0 Å². The minimum Gasteiger partial charge on any atom is -0.484 e. The number of hydrogen-bond donors (Lipinski definition) is 0. The summed E-state index contributed by atoms with van der Waals surface area (Å²) in [4.78, 5) is 8.55. The van der Waals surface area contributed by atoms with Gasteiger partial charge in [-0.3, -0.25) is 4.98 Å². The van der Waals surface area contributed by atoms with Gasteiger partial charge in [-0.05, 0) is 48.7 Å². The molecule has 0 N–H and O–H groups in total. The molecule has 1 unspecified atom stereocenters. The Labute approximate surface area is 199 Å². The first-order valence-electron chi connectivity index (χ1n) is 11.4. The van der Waals surface area contributed by atoms with Gasteiger partial charge in [0, 0.05) is 26.3 Å². The minimum atomic E-state index is -1.16. The zero-order chi connectivity index (χ0) is 23.7. The van der Waals surface area contributed by atoms with E-state index in [0.29, 0.717) is 23.7 Å². The highest BCUT2D eigenvalue weighted by Crippen LogP contribution is 2.36. The molecule has 34 heavy (non-hydrogen) atoms. The molecule has 5 rings (SSSR count). The lowest BCUT2D eigenvalue weighted by Gasteiger charge is -2.15. The van der Waals surface area contributed by atoms with Gasteiger partial charge in [0.2, 0.25) is 0 Å². The standard InChI is InChI=1S/C25H27N5O3Si/c1-34(2,3)9-8-31-16-30-21-6-5-19(11-20(21)25(29-30)23-14-27-15-32-23)33-22-7-4-18-10-17(12-26)13-28-24(18)22/h5-6,10-11,13-15,22H,4,7-9,16H2,1-3H3. The quantitative estimate of drug-likeness (QED) is 0.252. The second-order valence-electron chi connectivity index (χ2n) is 9.77. The molecular weight excluding hydrogens is 446 g/mol. The Morgan fingerprint density at radius 3 is 2.88 bits per heavy atom. The Hall–Kier alpha value is -3.48. The molecule has 174 valence electrons. The van der Waals surface area contributed by atoms with Crippen LogP contribution in [0.15, 0.2) is 47.5 Å².